The summed E-state index contributed by atoms with van der Waals surface area (Å²) in [6.45, 7) is 4.37. The number of hydrogen-bond donors (Lipinski definition) is 2. The number of hydrogen-bond acceptors (Lipinski definition) is 5. The number of aromatic carboxylic acids is 1. The molecule has 7 heteroatoms. The van der Waals surface area contributed by atoms with Crippen LogP contribution >= 0.6 is 0 Å². The van der Waals surface area contributed by atoms with Gasteiger partial charge in [0.05, 0.1) is 4.92 Å². The van der Waals surface area contributed by atoms with Gasteiger partial charge in [0, 0.05) is 12.1 Å². The quantitative estimate of drug-likeness (QED) is 0.653. The molecule has 1 heterocycles. The fourth-order valence-electron chi connectivity index (χ4n) is 2.91. The first-order valence-corrected chi connectivity index (χ1v) is 7.02. The zero-order valence-electron chi connectivity index (χ0n) is 12.1. The zero-order valence-corrected chi connectivity index (χ0v) is 12.1. The van der Waals surface area contributed by atoms with E-state index < -0.39 is 16.6 Å². The van der Waals surface area contributed by atoms with E-state index in [1.165, 1.54) is 6.07 Å². The lowest BCUT2D eigenvalue weighted by molar-refractivity contribution is -0.385. The third kappa shape index (κ3) is 3.48. The number of anilines is 1. The molecule has 7 nitrogen and oxygen atoms in total. The molecule has 21 heavy (non-hydrogen) atoms. The van der Waals surface area contributed by atoms with Crippen molar-refractivity contribution in [3.63, 3.8) is 0 Å². The Morgan fingerprint density at radius 3 is 2.76 bits per heavy atom. The molecule has 1 saturated carbocycles. The van der Waals surface area contributed by atoms with E-state index in [0.29, 0.717) is 17.7 Å². The Kier molecular flexibility index (Phi) is 4.40. The second-order valence-electron chi connectivity index (χ2n) is 5.80. The number of rotatable bonds is 4. The van der Waals surface area contributed by atoms with Crippen LogP contribution in [0.5, 0.6) is 0 Å². The number of aromatic nitrogens is 1. The van der Waals surface area contributed by atoms with Crippen LogP contribution in [0.1, 0.15) is 43.5 Å². The van der Waals surface area contributed by atoms with E-state index in [1.54, 1.807) is 0 Å². The molecule has 3 atom stereocenters. The minimum absolute atomic E-state index is 0.219. The predicted octanol–water partition coefficient (Wildman–Crippen LogP) is 2.92. The molecule has 1 aliphatic rings. The summed E-state index contributed by atoms with van der Waals surface area (Å²) in [6, 6.07) is 1.46. The van der Waals surface area contributed by atoms with E-state index >= 15 is 0 Å². The molecule has 0 aromatic carbocycles. The molecule has 0 bridgehead atoms. The smallest absolute Gasteiger partial charge is 0.342 e. The largest absolute Gasteiger partial charge is 0.477 e. The molecule has 0 amide bonds. The maximum absolute atomic E-state index is 11.1. The Labute approximate surface area is 122 Å². The number of carboxylic acids is 1. The van der Waals surface area contributed by atoms with Crippen molar-refractivity contribution in [2.75, 3.05) is 5.32 Å². The first-order chi connectivity index (χ1) is 9.88. The Morgan fingerprint density at radius 2 is 2.19 bits per heavy atom. The Morgan fingerprint density at radius 1 is 1.48 bits per heavy atom. The van der Waals surface area contributed by atoms with Crippen molar-refractivity contribution in [2.45, 2.75) is 39.2 Å². The van der Waals surface area contributed by atoms with Gasteiger partial charge in [-0.15, -0.1) is 0 Å². The normalized spacial score (nSPS) is 25.3. The van der Waals surface area contributed by atoms with E-state index in [9.17, 15) is 14.9 Å². The van der Waals surface area contributed by atoms with Crippen LogP contribution in [0, 0.1) is 22.0 Å². The highest BCUT2D eigenvalue weighted by molar-refractivity contribution is 5.93. The minimum Gasteiger partial charge on any atom is -0.477 e. The van der Waals surface area contributed by atoms with Crippen molar-refractivity contribution in [1.29, 1.82) is 0 Å². The van der Waals surface area contributed by atoms with E-state index in [-0.39, 0.29) is 11.6 Å². The fourth-order valence-corrected chi connectivity index (χ4v) is 2.91. The summed E-state index contributed by atoms with van der Waals surface area (Å²) in [4.78, 5) is 25.2. The summed E-state index contributed by atoms with van der Waals surface area (Å²) < 4.78 is 0. The molecule has 0 spiro atoms. The molecule has 1 aromatic heterocycles. The maximum atomic E-state index is 11.1. The summed E-state index contributed by atoms with van der Waals surface area (Å²) >= 11 is 0. The number of carbonyl (C=O) groups is 1. The molecule has 0 saturated heterocycles. The van der Waals surface area contributed by atoms with Crippen LogP contribution in [0.4, 0.5) is 11.5 Å². The monoisotopic (exact) mass is 293 g/mol. The van der Waals surface area contributed by atoms with Crippen LogP contribution in [0.15, 0.2) is 12.3 Å². The van der Waals surface area contributed by atoms with Crippen LogP contribution < -0.4 is 5.32 Å². The second kappa shape index (κ2) is 6.07. The summed E-state index contributed by atoms with van der Waals surface area (Å²) in [6.07, 6.45) is 4.21. The van der Waals surface area contributed by atoms with E-state index in [0.717, 1.165) is 25.5 Å². The highest BCUT2D eigenvalue weighted by Gasteiger charge is 2.27. The first kappa shape index (κ1) is 15.2. The number of nitro groups is 1. The maximum Gasteiger partial charge on any atom is 0.342 e. The average Bonchev–Trinajstić information content (AvgIpc) is 2.41. The summed E-state index contributed by atoms with van der Waals surface area (Å²) in [5, 5.41) is 23.1. The van der Waals surface area contributed by atoms with Gasteiger partial charge in [0.1, 0.15) is 17.6 Å². The molecule has 114 valence electrons. The van der Waals surface area contributed by atoms with Gasteiger partial charge in [-0.1, -0.05) is 13.8 Å². The second-order valence-corrected chi connectivity index (χ2v) is 5.80. The third-order valence-electron chi connectivity index (χ3n) is 4.07. The number of carboxylic acid groups (broad SMARTS) is 1. The van der Waals surface area contributed by atoms with Crippen molar-refractivity contribution in [3.05, 3.63) is 27.9 Å². The van der Waals surface area contributed by atoms with Crippen molar-refractivity contribution in [3.8, 4) is 0 Å². The van der Waals surface area contributed by atoms with Crippen molar-refractivity contribution in [2.24, 2.45) is 11.8 Å². The molecule has 3 unspecified atom stereocenters. The minimum atomic E-state index is -1.32. The van der Waals surface area contributed by atoms with Gasteiger partial charge in [-0.05, 0) is 31.1 Å². The van der Waals surface area contributed by atoms with Crippen LogP contribution in [0.3, 0.4) is 0 Å². The fraction of sp³-hybridized carbons (Fsp3) is 0.571. The van der Waals surface area contributed by atoms with Gasteiger partial charge in [-0.2, -0.15) is 0 Å². The van der Waals surface area contributed by atoms with Crippen LogP contribution in [-0.4, -0.2) is 27.0 Å². The SMILES string of the molecule is CC1CCC(Nc2cc(C(=O)O)c([N+](=O)[O-])cn2)C(C)C1. The molecular formula is C14H19N3O4. The van der Waals surface area contributed by atoms with Crippen molar-refractivity contribution >= 4 is 17.5 Å². The molecule has 0 aliphatic heterocycles. The van der Waals surface area contributed by atoms with Gasteiger partial charge in [0.15, 0.2) is 0 Å². The van der Waals surface area contributed by atoms with Gasteiger partial charge in [0.25, 0.3) is 0 Å². The lowest BCUT2D eigenvalue weighted by atomic mass is 9.80. The van der Waals surface area contributed by atoms with Gasteiger partial charge in [-0.3, -0.25) is 10.1 Å². The van der Waals surface area contributed by atoms with Gasteiger partial charge >= 0.3 is 11.7 Å². The van der Waals surface area contributed by atoms with Crippen LogP contribution in [-0.2, 0) is 0 Å². The topological polar surface area (TPSA) is 105 Å². The standard InChI is InChI=1S/C14H19N3O4/c1-8-3-4-11(9(2)5-8)16-13-6-10(14(18)19)12(7-15-13)17(20)21/h6-9,11H,3-5H2,1-2H3,(H,15,16)(H,18,19). The highest BCUT2D eigenvalue weighted by atomic mass is 16.6. The molecular weight excluding hydrogens is 274 g/mol. The van der Waals surface area contributed by atoms with E-state index in [2.05, 4.69) is 24.1 Å². The summed E-state index contributed by atoms with van der Waals surface area (Å²) in [5.41, 5.74) is -0.826. The van der Waals surface area contributed by atoms with Gasteiger partial charge < -0.3 is 10.4 Å². The summed E-state index contributed by atoms with van der Waals surface area (Å²) in [5.74, 6) is 0.207. The number of nitrogens with zero attached hydrogens (tertiary/aromatic N) is 2. The number of pyridine rings is 1. The van der Waals surface area contributed by atoms with Gasteiger partial charge in [0.2, 0.25) is 0 Å². The third-order valence-corrected chi connectivity index (χ3v) is 4.07. The Hall–Kier alpha value is -2.18. The molecule has 0 radical (unpaired) electrons. The molecule has 1 aromatic rings. The first-order valence-electron chi connectivity index (χ1n) is 7.02. The number of nitrogens with one attached hydrogen (secondary N) is 1. The Balaban J connectivity index is 2.19. The van der Waals surface area contributed by atoms with Crippen LogP contribution in [0.2, 0.25) is 0 Å². The molecule has 2 rings (SSSR count). The van der Waals surface area contributed by atoms with Crippen molar-refractivity contribution < 1.29 is 14.8 Å². The average molecular weight is 293 g/mol. The summed E-state index contributed by atoms with van der Waals surface area (Å²) in [7, 11) is 0. The van der Waals surface area contributed by atoms with Gasteiger partial charge in [-0.25, -0.2) is 9.78 Å². The zero-order chi connectivity index (χ0) is 15.6. The lowest BCUT2D eigenvalue weighted by Gasteiger charge is -2.33. The lowest BCUT2D eigenvalue weighted by Crippen LogP contribution is -2.33. The van der Waals surface area contributed by atoms with Crippen LogP contribution in [0.25, 0.3) is 0 Å². The predicted molar refractivity (Wildman–Crippen MR) is 77.4 cm³/mol. The molecule has 2 N–H and O–H groups in total. The molecule has 1 fully saturated rings. The molecule has 1 aliphatic carbocycles. The van der Waals surface area contributed by atoms with E-state index in [4.69, 9.17) is 5.11 Å². The van der Waals surface area contributed by atoms with Crippen molar-refractivity contribution in [1.82, 2.24) is 4.98 Å². The van der Waals surface area contributed by atoms with E-state index in [1.807, 2.05) is 0 Å². The Bertz CT molecular complexity index is 561. The highest BCUT2D eigenvalue weighted by Crippen LogP contribution is 2.31.